The molecule has 1 aromatic carbocycles. The average molecular weight is 452 g/mol. The van der Waals surface area contributed by atoms with Crippen molar-refractivity contribution in [1.29, 1.82) is 0 Å². The van der Waals surface area contributed by atoms with Crippen molar-refractivity contribution in [3.8, 4) is 10.4 Å². The number of rotatable bonds is 7. The van der Waals surface area contributed by atoms with Gasteiger partial charge in [0.15, 0.2) is 5.16 Å². The number of benzene rings is 1. The highest BCUT2D eigenvalue weighted by Gasteiger charge is 2.16. The molecule has 4 aromatic rings. The summed E-state index contributed by atoms with van der Waals surface area (Å²) < 4.78 is 3.78. The predicted octanol–water partition coefficient (Wildman–Crippen LogP) is 4.08. The minimum Gasteiger partial charge on any atom is -0.310 e. The zero-order chi connectivity index (χ0) is 22.0. The van der Waals surface area contributed by atoms with Gasteiger partial charge in [-0.25, -0.2) is 4.98 Å². The van der Waals surface area contributed by atoms with Crippen molar-refractivity contribution in [3.05, 3.63) is 71.2 Å². The second-order valence-electron chi connectivity index (χ2n) is 6.92. The molecule has 0 spiro atoms. The minimum absolute atomic E-state index is 0.120. The van der Waals surface area contributed by atoms with E-state index in [1.54, 1.807) is 28.4 Å². The second-order valence-corrected chi connectivity index (χ2v) is 8.92. The molecule has 0 radical (unpaired) electrons. The summed E-state index contributed by atoms with van der Waals surface area (Å²) >= 11 is 2.66. The van der Waals surface area contributed by atoms with Crippen LogP contribution in [-0.2, 0) is 18.4 Å². The molecule has 0 aliphatic rings. The van der Waals surface area contributed by atoms with Gasteiger partial charge >= 0.3 is 0 Å². The normalized spacial score (nSPS) is 11.0. The average Bonchev–Trinajstić information content (AvgIpc) is 3.32. The lowest BCUT2D eigenvalue weighted by atomic mass is 10.2. The fraction of sp³-hybridized carbons (Fsp3) is 0.182. The largest absolute Gasteiger partial charge is 0.310 e. The quantitative estimate of drug-likeness (QED) is 0.260. The number of allylic oxidation sites excluding steroid dienone is 1. The maximum Gasteiger partial charge on any atom is 0.272 e. The zero-order valence-electron chi connectivity index (χ0n) is 17.2. The van der Waals surface area contributed by atoms with Crippen molar-refractivity contribution in [2.45, 2.75) is 18.6 Å². The van der Waals surface area contributed by atoms with Gasteiger partial charge in [-0.3, -0.25) is 18.8 Å². The summed E-state index contributed by atoms with van der Waals surface area (Å²) in [5, 5.41) is 7.55. The number of carbonyl (C=O) groups is 1. The number of aryl methyl sites for hydroxylation is 2. The molecule has 4 rings (SSSR count). The summed E-state index contributed by atoms with van der Waals surface area (Å²) in [5.74, 6) is 0.553. The Bertz CT molecular complexity index is 1320. The van der Waals surface area contributed by atoms with E-state index in [4.69, 9.17) is 4.98 Å². The van der Waals surface area contributed by atoms with E-state index in [2.05, 4.69) is 17.0 Å². The molecule has 31 heavy (non-hydrogen) atoms. The molecule has 1 N–H and O–H groups in total. The molecular formula is C22H21N5O2S2. The molecule has 1 amide bonds. The highest BCUT2D eigenvalue weighted by atomic mass is 32.2. The summed E-state index contributed by atoms with van der Waals surface area (Å²) in [6.07, 6.45) is 1.66. The first kappa shape index (κ1) is 21.1. The van der Waals surface area contributed by atoms with Crippen LogP contribution in [0.3, 0.4) is 0 Å². The van der Waals surface area contributed by atoms with Gasteiger partial charge in [-0.2, -0.15) is 5.10 Å². The molecule has 0 saturated carbocycles. The van der Waals surface area contributed by atoms with Gasteiger partial charge in [0.25, 0.3) is 5.56 Å². The van der Waals surface area contributed by atoms with Crippen LogP contribution < -0.4 is 10.9 Å². The van der Waals surface area contributed by atoms with Crippen LogP contribution >= 0.6 is 23.1 Å². The molecule has 0 unspecified atom stereocenters. The number of anilines is 1. The smallest absolute Gasteiger partial charge is 0.272 e. The zero-order valence-corrected chi connectivity index (χ0v) is 18.8. The lowest BCUT2D eigenvalue weighted by molar-refractivity contribution is -0.113. The van der Waals surface area contributed by atoms with Crippen LogP contribution in [0.4, 0.5) is 5.82 Å². The standard InChI is InChI=1S/C22H21N5O2S2/c1-4-10-27-21(29)20-16(12-17(31-20)15-8-6-5-7-9-15)23-22(27)30-13-19(28)24-18-11-14(2)25-26(18)3/h4-9,11-12H,1,10,13H2,2-3H3,(H,24,28). The lowest BCUT2D eigenvalue weighted by Gasteiger charge is -2.10. The molecule has 9 heteroatoms. The number of nitrogens with one attached hydrogen (secondary N) is 1. The Balaban J connectivity index is 1.62. The van der Waals surface area contributed by atoms with E-state index in [0.29, 0.717) is 27.7 Å². The minimum atomic E-state index is -0.192. The fourth-order valence-electron chi connectivity index (χ4n) is 3.17. The third kappa shape index (κ3) is 4.47. The number of hydrogen-bond acceptors (Lipinski definition) is 6. The van der Waals surface area contributed by atoms with Gasteiger partial charge in [0, 0.05) is 24.5 Å². The number of hydrogen-bond donors (Lipinski definition) is 1. The summed E-state index contributed by atoms with van der Waals surface area (Å²) in [4.78, 5) is 31.3. The first-order valence-electron chi connectivity index (χ1n) is 9.60. The number of thiophene rings is 1. The van der Waals surface area contributed by atoms with Gasteiger partial charge in [0.1, 0.15) is 10.5 Å². The monoisotopic (exact) mass is 451 g/mol. The van der Waals surface area contributed by atoms with E-state index in [1.165, 1.54) is 23.1 Å². The van der Waals surface area contributed by atoms with E-state index >= 15 is 0 Å². The van der Waals surface area contributed by atoms with Crippen molar-refractivity contribution >= 4 is 45.0 Å². The maximum atomic E-state index is 13.1. The maximum absolute atomic E-state index is 13.1. The summed E-state index contributed by atoms with van der Waals surface area (Å²) in [6, 6.07) is 13.6. The topological polar surface area (TPSA) is 81.8 Å². The Morgan fingerprint density at radius 3 is 2.74 bits per heavy atom. The fourth-order valence-corrected chi connectivity index (χ4v) is 5.03. The van der Waals surface area contributed by atoms with Crippen LogP contribution in [0.5, 0.6) is 0 Å². The Hall–Kier alpha value is -3.17. The molecular weight excluding hydrogens is 430 g/mol. The van der Waals surface area contributed by atoms with E-state index in [0.717, 1.165) is 16.1 Å². The molecule has 0 saturated heterocycles. The Morgan fingerprint density at radius 2 is 2.06 bits per heavy atom. The van der Waals surface area contributed by atoms with Crippen molar-refractivity contribution in [3.63, 3.8) is 0 Å². The number of carbonyl (C=O) groups excluding carboxylic acids is 1. The van der Waals surface area contributed by atoms with E-state index < -0.39 is 0 Å². The second kappa shape index (κ2) is 8.91. The first-order valence-corrected chi connectivity index (χ1v) is 11.4. The van der Waals surface area contributed by atoms with E-state index in [9.17, 15) is 9.59 Å². The molecule has 0 fully saturated rings. The number of fused-ring (bicyclic) bond motifs is 1. The first-order chi connectivity index (χ1) is 15.0. The van der Waals surface area contributed by atoms with Crippen LogP contribution in [0.1, 0.15) is 5.69 Å². The van der Waals surface area contributed by atoms with Crippen LogP contribution in [0.2, 0.25) is 0 Å². The molecule has 0 aliphatic heterocycles. The van der Waals surface area contributed by atoms with Gasteiger partial charge in [-0.05, 0) is 18.6 Å². The molecule has 3 aromatic heterocycles. The third-order valence-corrected chi connectivity index (χ3v) is 6.71. The van der Waals surface area contributed by atoms with E-state index in [-0.39, 0.29) is 17.2 Å². The van der Waals surface area contributed by atoms with Crippen molar-refractivity contribution in [2.75, 3.05) is 11.1 Å². The molecule has 0 aliphatic carbocycles. The van der Waals surface area contributed by atoms with Gasteiger partial charge in [0.05, 0.1) is 17.0 Å². The van der Waals surface area contributed by atoms with Gasteiger partial charge in [-0.15, -0.1) is 17.9 Å². The molecule has 158 valence electrons. The molecule has 0 atom stereocenters. The molecule has 3 heterocycles. The number of aromatic nitrogens is 4. The van der Waals surface area contributed by atoms with Gasteiger partial charge < -0.3 is 5.32 Å². The lowest BCUT2D eigenvalue weighted by Crippen LogP contribution is -2.23. The van der Waals surface area contributed by atoms with Crippen LogP contribution in [-0.4, -0.2) is 31.0 Å². The SMILES string of the molecule is C=CCn1c(SCC(=O)Nc2cc(C)nn2C)nc2cc(-c3ccccc3)sc2c1=O. The predicted molar refractivity (Wildman–Crippen MR) is 127 cm³/mol. The number of amides is 1. The van der Waals surface area contributed by atoms with Crippen molar-refractivity contribution < 1.29 is 4.79 Å². The van der Waals surface area contributed by atoms with E-state index in [1.807, 2.05) is 43.3 Å². The van der Waals surface area contributed by atoms with Crippen molar-refractivity contribution in [2.24, 2.45) is 7.05 Å². The van der Waals surface area contributed by atoms with Crippen LogP contribution in [0, 0.1) is 6.92 Å². The Labute approximate surface area is 187 Å². The third-order valence-electron chi connectivity index (χ3n) is 4.57. The molecule has 0 bridgehead atoms. The Morgan fingerprint density at radius 1 is 1.29 bits per heavy atom. The Kier molecular flexibility index (Phi) is 6.06. The highest BCUT2D eigenvalue weighted by molar-refractivity contribution is 7.99. The van der Waals surface area contributed by atoms with Crippen LogP contribution in [0.25, 0.3) is 20.7 Å². The highest BCUT2D eigenvalue weighted by Crippen LogP contribution is 2.32. The number of nitrogens with zero attached hydrogens (tertiary/aromatic N) is 4. The molecule has 7 nitrogen and oxygen atoms in total. The summed E-state index contributed by atoms with van der Waals surface area (Å²) in [7, 11) is 1.77. The van der Waals surface area contributed by atoms with Gasteiger partial charge in [-0.1, -0.05) is 48.2 Å². The number of thioether (sulfide) groups is 1. The van der Waals surface area contributed by atoms with Crippen LogP contribution in [0.15, 0.2) is 65.1 Å². The van der Waals surface area contributed by atoms with Crippen molar-refractivity contribution in [1.82, 2.24) is 19.3 Å². The van der Waals surface area contributed by atoms with Gasteiger partial charge in [0.2, 0.25) is 5.91 Å². The summed E-state index contributed by atoms with van der Waals surface area (Å²) in [6.45, 7) is 5.94. The summed E-state index contributed by atoms with van der Waals surface area (Å²) in [5.41, 5.74) is 2.38.